The number of rotatable bonds is 6. The minimum Gasteiger partial charge on any atom is -0.390 e. The zero-order valence-corrected chi connectivity index (χ0v) is 18.2. The highest BCUT2D eigenvalue weighted by Crippen LogP contribution is 2.27. The summed E-state index contributed by atoms with van der Waals surface area (Å²) in [4.78, 5) is 21.1. The Hall–Kier alpha value is -2.03. The molecular weight excluding hydrogens is 416 g/mol. The van der Waals surface area contributed by atoms with Crippen LogP contribution in [0.25, 0.3) is 0 Å². The maximum atomic E-state index is 12.1. The van der Waals surface area contributed by atoms with Gasteiger partial charge in [0.25, 0.3) is 5.91 Å². The molecule has 1 amide bonds. The summed E-state index contributed by atoms with van der Waals surface area (Å²) in [7, 11) is 3.71. The molecule has 1 aromatic carbocycles. The van der Waals surface area contributed by atoms with Gasteiger partial charge in [0, 0.05) is 36.5 Å². The number of halogens is 1. The predicted octanol–water partition coefficient (Wildman–Crippen LogP) is 3.93. The predicted molar refractivity (Wildman–Crippen MR) is 116 cm³/mol. The number of carbonyl (C=O) groups is 1. The highest BCUT2D eigenvalue weighted by atomic mass is 35.5. The monoisotopic (exact) mass is 436 g/mol. The van der Waals surface area contributed by atoms with E-state index in [2.05, 4.69) is 10.5 Å². The number of hydrogen-bond acceptors (Lipinski definition) is 6. The number of amidine groups is 1. The summed E-state index contributed by atoms with van der Waals surface area (Å²) in [5.41, 5.74) is 2.71. The van der Waals surface area contributed by atoms with Gasteiger partial charge in [-0.05, 0) is 24.5 Å². The molecule has 6 nitrogen and oxygen atoms in total. The van der Waals surface area contributed by atoms with Gasteiger partial charge in [-0.25, -0.2) is 0 Å². The number of benzene rings is 1. The van der Waals surface area contributed by atoms with Gasteiger partial charge in [-0.3, -0.25) is 10.2 Å². The van der Waals surface area contributed by atoms with E-state index in [0.717, 1.165) is 21.7 Å². The first kappa shape index (κ1) is 20.7. The number of carbonyl (C=O) groups excluding carboxylic acids is 1. The van der Waals surface area contributed by atoms with Crippen molar-refractivity contribution in [2.45, 2.75) is 17.4 Å². The quantitative estimate of drug-likeness (QED) is 0.408. The summed E-state index contributed by atoms with van der Waals surface area (Å²) < 4.78 is 0.586. The molecule has 2 N–H and O–H groups in total. The molecule has 0 radical (unpaired) electrons. The summed E-state index contributed by atoms with van der Waals surface area (Å²) in [6, 6.07) is 9.32. The Morgan fingerprint density at radius 1 is 1.43 bits per heavy atom. The van der Waals surface area contributed by atoms with E-state index >= 15 is 0 Å². The fraction of sp³-hybridized carbons (Fsp3) is 0.316. The number of nitrogens with zero attached hydrogens (tertiary/aromatic N) is 2. The van der Waals surface area contributed by atoms with E-state index in [1.54, 1.807) is 28.8 Å². The van der Waals surface area contributed by atoms with Crippen LogP contribution in [0.4, 0.5) is 0 Å². The Labute approximate surface area is 177 Å². The molecule has 1 aromatic heterocycles. The lowest BCUT2D eigenvalue weighted by atomic mass is 10.0. The molecule has 1 aliphatic rings. The molecule has 1 aliphatic heterocycles. The summed E-state index contributed by atoms with van der Waals surface area (Å²) >= 11 is 8.73. The van der Waals surface area contributed by atoms with Crippen LogP contribution >= 0.6 is 34.7 Å². The van der Waals surface area contributed by atoms with Crippen molar-refractivity contribution in [3.63, 3.8) is 0 Å². The van der Waals surface area contributed by atoms with Crippen molar-refractivity contribution in [3.05, 3.63) is 50.7 Å². The van der Waals surface area contributed by atoms with Crippen LogP contribution in [0, 0.1) is 5.41 Å². The Bertz CT molecular complexity index is 926. The molecule has 2 aromatic rings. The van der Waals surface area contributed by atoms with Crippen molar-refractivity contribution < 1.29 is 9.63 Å². The lowest BCUT2D eigenvalue weighted by Crippen LogP contribution is -2.31. The number of thiophene rings is 1. The third-order valence-electron chi connectivity index (χ3n) is 4.25. The molecule has 0 aliphatic carbocycles. The van der Waals surface area contributed by atoms with E-state index in [0.29, 0.717) is 28.0 Å². The third kappa shape index (κ3) is 4.68. The molecule has 0 saturated heterocycles. The van der Waals surface area contributed by atoms with Gasteiger partial charge in [-0.1, -0.05) is 28.9 Å². The maximum absolute atomic E-state index is 12.1. The van der Waals surface area contributed by atoms with Crippen LogP contribution in [0.3, 0.4) is 0 Å². The van der Waals surface area contributed by atoms with Gasteiger partial charge >= 0.3 is 0 Å². The summed E-state index contributed by atoms with van der Waals surface area (Å²) in [5.74, 6) is 0.297. The molecule has 0 fully saturated rings. The lowest BCUT2D eigenvalue weighted by Gasteiger charge is -2.15. The van der Waals surface area contributed by atoms with Crippen molar-refractivity contribution in [1.82, 2.24) is 10.2 Å². The highest BCUT2D eigenvalue weighted by molar-refractivity contribution is 7.98. The number of thioether (sulfide) groups is 1. The van der Waals surface area contributed by atoms with Gasteiger partial charge in [0.15, 0.2) is 0 Å². The highest BCUT2D eigenvalue weighted by Gasteiger charge is 2.25. The average Bonchev–Trinajstić information content (AvgIpc) is 3.34. The van der Waals surface area contributed by atoms with Crippen LogP contribution in [0.2, 0.25) is 4.34 Å². The SMILES string of the molecule is CSc1cc(C(=N)N(C)C)ccc1C1=NOC(CNC(=O)c2ccc(Cl)s2)C1. The number of amides is 1. The molecule has 1 unspecified atom stereocenters. The Balaban J connectivity index is 1.63. The molecule has 2 heterocycles. The zero-order valence-electron chi connectivity index (χ0n) is 15.8. The molecule has 0 spiro atoms. The number of nitrogens with one attached hydrogen (secondary N) is 2. The Kier molecular flexibility index (Phi) is 6.64. The maximum Gasteiger partial charge on any atom is 0.261 e. The molecule has 3 rings (SSSR count). The standard InChI is InChI=1S/C19H21ClN4O2S2/c1-24(2)18(21)11-4-5-13(16(8-11)27-3)14-9-12(26-23-14)10-22-19(25)15-6-7-17(20)28-15/h4-8,12,21H,9-10H2,1-3H3,(H,22,25). The first-order chi connectivity index (χ1) is 13.4. The van der Waals surface area contributed by atoms with E-state index in [4.69, 9.17) is 21.8 Å². The minimum atomic E-state index is -0.205. The molecule has 0 bridgehead atoms. The van der Waals surface area contributed by atoms with Gasteiger partial charge in [-0.2, -0.15) is 0 Å². The largest absolute Gasteiger partial charge is 0.390 e. The van der Waals surface area contributed by atoms with Crippen molar-refractivity contribution in [3.8, 4) is 0 Å². The van der Waals surface area contributed by atoms with Crippen LogP contribution in [-0.4, -0.2) is 55.4 Å². The molecular formula is C19H21ClN4O2S2. The smallest absolute Gasteiger partial charge is 0.261 e. The second-order valence-electron chi connectivity index (χ2n) is 6.44. The Morgan fingerprint density at radius 2 is 2.21 bits per heavy atom. The second-order valence-corrected chi connectivity index (χ2v) is 9.00. The zero-order chi connectivity index (χ0) is 20.3. The Morgan fingerprint density at radius 3 is 2.86 bits per heavy atom. The van der Waals surface area contributed by atoms with Crippen molar-refractivity contribution in [2.24, 2.45) is 5.16 Å². The molecule has 28 heavy (non-hydrogen) atoms. The number of hydrogen-bond donors (Lipinski definition) is 2. The third-order valence-corrected chi connectivity index (χ3v) is 6.26. The van der Waals surface area contributed by atoms with Gasteiger partial charge < -0.3 is 15.1 Å². The second kappa shape index (κ2) is 8.98. The summed E-state index contributed by atoms with van der Waals surface area (Å²) in [6.45, 7) is 0.374. The molecule has 9 heteroatoms. The van der Waals surface area contributed by atoms with E-state index in [1.807, 2.05) is 38.6 Å². The fourth-order valence-electron chi connectivity index (χ4n) is 2.76. The van der Waals surface area contributed by atoms with Crippen molar-refractivity contribution >= 4 is 52.2 Å². The lowest BCUT2D eigenvalue weighted by molar-refractivity contribution is 0.0755. The summed E-state index contributed by atoms with van der Waals surface area (Å²) in [5, 5.41) is 15.2. The van der Waals surface area contributed by atoms with Gasteiger partial charge in [0.05, 0.1) is 21.5 Å². The van der Waals surface area contributed by atoms with Crippen LogP contribution in [0.1, 0.15) is 27.2 Å². The van der Waals surface area contributed by atoms with Crippen molar-refractivity contribution in [2.75, 3.05) is 26.9 Å². The van der Waals surface area contributed by atoms with Crippen LogP contribution in [0.5, 0.6) is 0 Å². The van der Waals surface area contributed by atoms with Gasteiger partial charge in [-0.15, -0.1) is 23.1 Å². The molecule has 1 atom stereocenters. The first-order valence-electron chi connectivity index (χ1n) is 8.60. The average molecular weight is 437 g/mol. The number of oxime groups is 1. The molecule has 0 saturated carbocycles. The van der Waals surface area contributed by atoms with Crippen LogP contribution in [0.15, 0.2) is 40.4 Å². The topological polar surface area (TPSA) is 77.8 Å². The van der Waals surface area contributed by atoms with E-state index in [1.165, 1.54) is 11.3 Å². The first-order valence-corrected chi connectivity index (χ1v) is 11.0. The van der Waals surface area contributed by atoms with Crippen molar-refractivity contribution in [1.29, 1.82) is 5.41 Å². The minimum absolute atomic E-state index is 0.162. The fourth-order valence-corrected chi connectivity index (χ4v) is 4.37. The van der Waals surface area contributed by atoms with Crippen LogP contribution < -0.4 is 5.32 Å². The van der Waals surface area contributed by atoms with Crippen LogP contribution in [-0.2, 0) is 4.84 Å². The van der Waals surface area contributed by atoms with Gasteiger partial charge in [0.1, 0.15) is 11.9 Å². The van der Waals surface area contributed by atoms with E-state index in [9.17, 15) is 4.79 Å². The summed E-state index contributed by atoms with van der Waals surface area (Å²) in [6.07, 6.45) is 2.41. The van der Waals surface area contributed by atoms with E-state index in [-0.39, 0.29) is 12.0 Å². The molecule has 148 valence electrons. The van der Waals surface area contributed by atoms with Gasteiger partial charge in [0.2, 0.25) is 0 Å². The normalized spacial score (nSPS) is 15.7. The van der Waals surface area contributed by atoms with E-state index < -0.39 is 0 Å².